The van der Waals surface area contributed by atoms with Crippen LogP contribution in [0.1, 0.15) is 78.7 Å². The van der Waals surface area contributed by atoms with E-state index in [1.807, 2.05) is 47.7 Å². The van der Waals surface area contributed by atoms with E-state index < -0.39 is 5.82 Å². The molecule has 6 aromatic rings. The summed E-state index contributed by atoms with van der Waals surface area (Å²) in [7, 11) is 3.43. The number of methoxy groups -OCH3 is 1. The number of aromatic nitrogens is 2. The molecule has 2 atom stereocenters. The van der Waals surface area contributed by atoms with Crippen LogP contribution in [0.5, 0.6) is 17.4 Å². The lowest BCUT2D eigenvalue weighted by Crippen LogP contribution is -2.52. The third-order valence-electron chi connectivity index (χ3n) is 15.3. The van der Waals surface area contributed by atoms with E-state index in [1.165, 1.54) is 31.7 Å². The van der Waals surface area contributed by atoms with Gasteiger partial charge in [0, 0.05) is 98.4 Å². The minimum atomic E-state index is -0.496. The number of likely N-dealkylation sites (tertiary alicyclic amines) is 1. The average molecular weight is 1020 g/mol. The van der Waals surface area contributed by atoms with Gasteiger partial charge in [-0.3, -0.25) is 24.2 Å². The van der Waals surface area contributed by atoms with E-state index in [4.69, 9.17) is 26.8 Å². The molecule has 2 aromatic heterocycles. The smallest absolute Gasteiger partial charge is 0.264 e. The van der Waals surface area contributed by atoms with Crippen molar-refractivity contribution in [1.82, 2.24) is 29.2 Å². The van der Waals surface area contributed by atoms with Gasteiger partial charge < -0.3 is 38.6 Å². The molecule has 0 spiro atoms. The number of thiol groups is 1. The van der Waals surface area contributed by atoms with Gasteiger partial charge in [-0.15, -0.1) is 0 Å². The van der Waals surface area contributed by atoms with E-state index in [-0.39, 0.29) is 53.3 Å². The number of phenols is 1. The number of benzene rings is 4. The molecule has 0 aliphatic carbocycles. The first kappa shape index (κ1) is 50.8. The van der Waals surface area contributed by atoms with E-state index in [2.05, 4.69) is 33.0 Å². The third kappa shape index (κ3) is 10.8. The Balaban J connectivity index is 0.991. The van der Waals surface area contributed by atoms with Crippen LogP contribution in [-0.2, 0) is 42.5 Å². The Bertz CT molecular complexity index is 3010. The lowest BCUT2D eigenvalue weighted by molar-refractivity contribution is -0.131. The average Bonchev–Trinajstić information content (AvgIpc) is 3.73. The summed E-state index contributed by atoms with van der Waals surface area (Å²) in [4.78, 5) is 59.5. The number of phenolic OH excluding ortho intramolecular Hbond substituents is 1. The molecular formula is C58H64FN7O7S. The van der Waals surface area contributed by atoms with Crippen molar-refractivity contribution < 1.29 is 38.1 Å². The first-order chi connectivity index (χ1) is 35.9. The van der Waals surface area contributed by atoms with E-state index in [0.717, 1.165) is 61.3 Å². The number of rotatable bonds is 14. The molecule has 0 bridgehead atoms. The largest absolute Gasteiger partial charge is 0.508 e. The second kappa shape index (κ2) is 22.4. The Morgan fingerprint density at radius 3 is 2.35 bits per heavy atom. The zero-order valence-corrected chi connectivity index (χ0v) is 43.2. The Hall–Kier alpha value is -6.72. The molecule has 2 fully saturated rings. The number of ether oxygens (including phenoxy) is 3. The molecule has 2 saturated heterocycles. The normalized spacial score (nSPS) is 18.1. The number of carbonyl (C=O) groups excluding carboxylic acids is 3. The summed E-state index contributed by atoms with van der Waals surface area (Å²) in [6.07, 6.45) is 5.34. The number of nitrogens with zero attached hydrogens (tertiary/aromatic N) is 7. The molecule has 3 amide bonds. The Morgan fingerprint density at radius 2 is 1.61 bits per heavy atom. The third-order valence-corrected chi connectivity index (χ3v) is 15.9. The van der Waals surface area contributed by atoms with Crippen molar-refractivity contribution in [2.75, 3.05) is 77.6 Å². The summed E-state index contributed by atoms with van der Waals surface area (Å²) < 4.78 is 34.2. The second-order valence-electron chi connectivity index (χ2n) is 19.8. The maximum Gasteiger partial charge on any atom is 0.264 e. The van der Waals surface area contributed by atoms with E-state index in [1.54, 1.807) is 52.4 Å². The summed E-state index contributed by atoms with van der Waals surface area (Å²) in [6, 6.07) is 28.4. The number of pyridine rings is 1. The fourth-order valence-corrected chi connectivity index (χ4v) is 11.4. The predicted molar refractivity (Wildman–Crippen MR) is 285 cm³/mol. The van der Waals surface area contributed by atoms with Gasteiger partial charge in [-0.25, -0.2) is 9.37 Å². The number of aromatic hydroxyl groups is 1. The summed E-state index contributed by atoms with van der Waals surface area (Å²) in [5.41, 5.74) is 8.14. The lowest BCUT2D eigenvalue weighted by atomic mass is 9.89. The lowest BCUT2D eigenvalue weighted by Gasteiger charge is -2.44. The van der Waals surface area contributed by atoms with Crippen LogP contribution in [-0.4, -0.2) is 131 Å². The van der Waals surface area contributed by atoms with Gasteiger partial charge >= 0.3 is 0 Å². The van der Waals surface area contributed by atoms with Gasteiger partial charge in [-0.05, 0) is 122 Å². The van der Waals surface area contributed by atoms with Gasteiger partial charge in [-0.1, -0.05) is 36.8 Å². The van der Waals surface area contributed by atoms with Crippen molar-refractivity contribution in [2.24, 2.45) is 7.05 Å². The summed E-state index contributed by atoms with van der Waals surface area (Å²) in [5, 5.41) is 9.97. The maximum absolute atomic E-state index is 15.9. The fourth-order valence-electron chi connectivity index (χ4n) is 10.9. The number of hydrogen-bond acceptors (Lipinski definition) is 11. The van der Waals surface area contributed by atoms with E-state index >= 15 is 14.0 Å². The van der Waals surface area contributed by atoms with Crippen molar-refractivity contribution in [3.63, 3.8) is 0 Å². The zero-order valence-electron chi connectivity index (χ0n) is 42.3. The molecule has 16 heteroatoms. The highest BCUT2D eigenvalue weighted by Crippen LogP contribution is 2.41. The summed E-state index contributed by atoms with van der Waals surface area (Å²) in [6.45, 7) is 9.70. The SMILES string of the molecule is COc1ccc(N(C(=O)c2cc(-c3cc4c(cc3C(=O)N3Cc5ccccc5C(S)[C@H]3CN3CCCCC3)CN(C(=O)Cc3ccc(OCCN5CCOCC5)cc3F)CC4)n(C)c2C)c2ccc(O)cc2)cn1. The maximum atomic E-state index is 15.9. The number of hydrogen-bond donors (Lipinski definition) is 2. The van der Waals surface area contributed by atoms with Crippen LogP contribution in [0.25, 0.3) is 11.3 Å². The molecule has 4 aliphatic rings. The second-order valence-corrected chi connectivity index (χ2v) is 20.3. The Morgan fingerprint density at radius 1 is 0.838 bits per heavy atom. The molecule has 386 valence electrons. The van der Waals surface area contributed by atoms with E-state index in [0.29, 0.717) is 104 Å². The van der Waals surface area contributed by atoms with Crippen molar-refractivity contribution >= 4 is 41.7 Å². The number of fused-ring (bicyclic) bond motifs is 2. The number of carbonyl (C=O) groups is 3. The molecule has 14 nitrogen and oxygen atoms in total. The van der Waals surface area contributed by atoms with Gasteiger partial charge in [0.25, 0.3) is 11.8 Å². The number of morpholine rings is 1. The van der Waals surface area contributed by atoms with Crippen LogP contribution >= 0.6 is 12.6 Å². The Kier molecular flexibility index (Phi) is 15.4. The number of amides is 3. The summed E-state index contributed by atoms with van der Waals surface area (Å²) in [5.74, 6) is -0.350. The van der Waals surface area contributed by atoms with Crippen molar-refractivity contribution in [3.05, 3.63) is 154 Å². The first-order valence-electron chi connectivity index (χ1n) is 25.7. The number of piperidine rings is 1. The molecule has 10 rings (SSSR count). The quantitative estimate of drug-likeness (QED) is 0.102. The van der Waals surface area contributed by atoms with Gasteiger partial charge in [-0.2, -0.15) is 12.6 Å². The number of anilines is 2. The van der Waals surface area contributed by atoms with E-state index in [9.17, 15) is 9.90 Å². The summed E-state index contributed by atoms with van der Waals surface area (Å²) >= 11 is 5.28. The van der Waals surface area contributed by atoms with Crippen LogP contribution in [0, 0.1) is 12.7 Å². The minimum absolute atomic E-state index is 0.0595. The van der Waals surface area contributed by atoms with Crippen molar-refractivity contribution in [2.45, 2.75) is 63.4 Å². The highest BCUT2D eigenvalue weighted by Gasteiger charge is 2.39. The molecular weight excluding hydrogens is 958 g/mol. The molecule has 4 aliphatic heterocycles. The molecule has 6 heterocycles. The van der Waals surface area contributed by atoms with Crippen molar-refractivity contribution in [3.8, 4) is 28.6 Å². The van der Waals surface area contributed by atoms with Crippen LogP contribution in [0.2, 0.25) is 0 Å². The van der Waals surface area contributed by atoms with Gasteiger partial charge in [0.2, 0.25) is 11.8 Å². The minimum Gasteiger partial charge on any atom is -0.508 e. The van der Waals surface area contributed by atoms with Crippen LogP contribution < -0.4 is 14.4 Å². The highest BCUT2D eigenvalue weighted by molar-refractivity contribution is 7.80. The molecule has 0 radical (unpaired) electrons. The zero-order chi connectivity index (χ0) is 51.5. The first-order valence-corrected chi connectivity index (χ1v) is 26.2. The molecule has 1 unspecified atom stereocenters. The monoisotopic (exact) mass is 1020 g/mol. The number of halogens is 1. The molecule has 1 N–H and O–H groups in total. The standard InChI is InChI=1S/C58H64FN7O7S/c1-38-48(58(70)66(43-12-15-45(67)16-13-43)44-14-18-54(71-3)60-34-44)33-52(61(38)2)49-29-39-19-22-64(55(68)31-40-11-17-46(32-51(40)59)73-28-25-62-23-26-72-27-24-62)35-42(39)30-50(49)57(69)65-36-41-9-5-6-10-47(41)56(74)53(65)37-63-20-7-4-8-21-63/h5-6,9-18,29-30,32-34,53,56,67,74H,4,7-8,19-28,31,35-37H2,1-3H3/t53-,56?/m1/s1. The molecule has 0 saturated carbocycles. The highest BCUT2D eigenvalue weighted by atomic mass is 32.1. The van der Waals surface area contributed by atoms with Gasteiger partial charge in [0.05, 0.1) is 50.2 Å². The Labute approximate surface area is 437 Å². The fraction of sp³-hybridized carbons (Fsp3) is 0.379. The predicted octanol–water partition coefficient (Wildman–Crippen LogP) is 8.55. The van der Waals surface area contributed by atoms with Gasteiger partial charge in [0.15, 0.2) is 0 Å². The van der Waals surface area contributed by atoms with Crippen LogP contribution in [0.3, 0.4) is 0 Å². The van der Waals surface area contributed by atoms with Crippen LogP contribution in [0.4, 0.5) is 15.8 Å². The molecule has 4 aromatic carbocycles. The van der Waals surface area contributed by atoms with Gasteiger partial charge in [0.1, 0.15) is 23.9 Å². The molecule has 74 heavy (non-hydrogen) atoms. The van der Waals surface area contributed by atoms with Crippen LogP contribution in [0.15, 0.2) is 103 Å². The van der Waals surface area contributed by atoms with Crippen molar-refractivity contribution in [1.29, 1.82) is 0 Å². The topological polar surface area (TPSA) is 133 Å².